The Morgan fingerprint density at radius 2 is 1.95 bits per heavy atom. The Hall–Kier alpha value is -1.56. The van der Waals surface area contributed by atoms with Crippen molar-refractivity contribution in [3.63, 3.8) is 0 Å². The molecule has 102 valence electrons. The summed E-state index contributed by atoms with van der Waals surface area (Å²) in [5.41, 5.74) is -0.731. The smallest absolute Gasteiger partial charge is 0.349 e. The summed E-state index contributed by atoms with van der Waals surface area (Å²) in [5.74, 6) is 0.454. The van der Waals surface area contributed by atoms with E-state index in [2.05, 4.69) is 10.6 Å². The molecule has 0 bridgehead atoms. The van der Waals surface area contributed by atoms with E-state index in [-0.39, 0.29) is 11.6 Å². The summed E-state index contributed by atoms with van der Waals surface area (Å²) < 4.78 is 37.7. The van der Waals surface area contributed by atoms with E-state index in [0.717, 1.165) is 25.2 Å². The molecule has 1 heterocycles. The van der Waals surface area contributed by atoms with Gasteiger partial charge in [0.05, 0.1) is 5.56 Å². The molecule has 6 heteroatoms. The lowest BCUT2D eigenvalue weighted by molar-refractivity contribution is -0.137. The molecular formula is C13H13F3N2O. The maximum atomic E-state index is 12.6. The lowest BCUT2D eigenvalue weighted by Gasteiger charge is -2.10. The molecule has 2 unspecified atom stereocenters. The number of hydrogen-bond donors (Lipinski definition) is 2. The zero-order chi connectivity index (χ0) is 13.6. The van der Waals surface area contributed by atoms with Crippen LogP contribution in [0.5, 0.6) is 0 Å². The number of benzene rings is 1. The number of halogens is 3. The molecule has 1 amide bonds. The highest BCUT2D eigenvalue weighted by Crippen LogP contribution is 2.41. The van der Waals surface area contributed by atoms with E-state index in [0.29, 0.717) is 11.8 Å². The number of amides is 1. The van der Waals surface area contributed by atoms with Crippen LogP contribution in [-0.2, 0) is 6.18 Å². The average molecular weight is 270 g/mol. The first-order valence-electron chi connectivity index (χ1n) is 6.15. The van der Waals surface area contributed by atoms with Crippen LogP contribution in [0, 0.1) is 11.8 Å². The van der Waals surface area contributed by atoms with E-state index in [1.165, 1.54) is 12.1 Å². The van der Waals surface area contributed by atoms with Crippen molar-refractivity contribution in [3.8, 4) is 0 Å². The third-order valence-electron chi connectivity index (χ3n) is 3.84. The summed E-state index contributed by atoms with van der Waals surface area (Å²) in [7, 11) is 0. The van der Waals surface area contributed by atoms with Crippen LogP contribution < -0.4 is 10.6 Å². The van der Waals surface area contributed by atoms with Gasteiger partial charge in [-0.15, -0.1) is 0 Å². The van der Waals surface area contributed by atoms with Crippen LogP contribution in [0.25, 0.3) is 0 Å². The van der Waals surface area contributed by atoms with Crippen molar-refractivity contribution in [3.05, 3.63) is 35.4 Å². The minimum absolute atomic E-state index is 0.0627. The molecule has 0 aromatic heterocycles. The molecule has 1 aromatic carbocycles. The monoisotopic (exact) mass is 270 g/mol. The summed E-state index contributed by atoms with van der Waals surface area (Å²) in [5, 5.41) is 6.00. The Kier molecular flexibility index (Phi) is 2.78. The van der Waals surface area contributed by atoms with Gasteiger partial charge >= 0.3 is 6.18 Å². The van der Waals surface area contributed by atoms with Gasteiger partial charge < -0.3 is 10.6 Å². The van der Waals surface area contributed by atoms with Gasteiger partial charge in [0.2, 0.25) is 0 Å². The first-order valence-corrected chi connectivity index (χ1v) is 6.15. The van der Waals surface area contributed by atoms with Crippen LogP contribution in [0.15, 0.2) is 24.3 Å². The molecule has 1 aliphatic heterocycles. The molecule has 3 rings (SSSR count). The maximum Gasteiger partial charge on any atom is 0.416 e. The van der Waals surface area contributed by atoms with Gasteiger partial charge in [-0.25, -0.2) is 0 Å². The van der Waals surface area contributed by atoms with Gasteiger partial charge in [0.15, 0.2) is 0 Å². The van der Waals surface area contributed by atoms with Crippen molar-refractivity contribution >= 4 is 5.91 Å². The molecular weight excluding hydrogens is 257 g/mol. The van der Waals surface area contributed by atoms with E-state index in [1.54, 1.807) is 0 Å². The fraction of sp³-hybridized carbons (Fsp3) is 0.462. The Morgan fingerprint density at radius 3 is 2.58 bits per heavy atom. The Bertz CT molecular complexity index is 505. The first-order chi connectivity index (χ1) is 8.97. The average Bonchev–Trinajstić information content (AvgIpc) is 2.81. The van der Waals surface area contributed by atoms with E-state index in [9.17, 15) is 18.0 Å². The van der Waals surface area contributed by atoms with E-state index >= 15 is 0 Å². The number of nitrogens with one attached hydrogen (secondary N) is 2. The van der Waals surface area contributed by atoms with Gasteiger partial charge in [0.1, 0.15) is 0 Å². The van der Waals surface area contributed by atoms with Gasteiger partial charge in [0.25, 0.3) is 5.91 Å². The topological polar surface area (TPSA) is 41.1 Å². The standard InChI is InChI=1S/C13H13F3N2O/c14-13(15,16)8-3-1-2-7(4-8)12(19)18-11-9-5-17-6-10(9)11/h1-4,9-11,17H,5-6H2,(H,18,19). The normalized spacial score (nSPS) is 28.9. The maximum absolute atomic E-state index is 12.6. The fourth-order valence-electron chi connectivity index (χ4n) is 2.70. The van der Waals surface area contributed by atoms with Gasteiger partial charge in [-0.2, -0.15) is 13.2 Å². The minimum atomic E-state index is -4.42. The zero-order valence-electron chi connectivity index (χ0n) is 10.00. The van der Waals surface area contributed by atoms with Crippen LogP contribution >= 0.6 is 0 Å². The molecule has 1 saturated heterocycles. The van der Waals surface area contributed by atoms with Crippen LogP contribution in [0.3, 0.4) is 0 Å². The Morgan fingerprint density at radius 1 is 1.26 bits per heavy atom. The molecule has 0 spiro atoms. The van der Waals surface area contributed by atoms with Crippen molar-refractivity contribution < 1.29 is 18.0 Å². The van der Waals surface area contributed by atoms with Crippen molar-refractivity contribution in [2.45, 2.75) is 12.2 Å². The Balaban J connectivity index is 1.70. The number of rotatable bonds is 2. The predicted octanol–water partition coefficient (Wildman–Crippen LogP) is 1.65. The Labute approximate surface area is 108 Å². The molecule has 2 fully saturated rings. The number of fused-ring (bicyclic) bond motifs is 1. The van der Waals surface area contributed by atoms with Crippen LogP contribution in [0.1, 0.15) is 15.9 Å². The van der Waals surface area contributed by atoms with Crippen molar-refractivity contribution in [1.82, 2.24) is 10.6 Å². The van der Waals surface area contributed by atoms with Crippen LogP contribution in [0.4, 0.5) is 13.2 Å². The van der Waals surface area contributed by atoms with E-state index < -0.39 is 17.6 Å². The van der Waals surface area contributed by atoms with Gasteiger partial charge in [0, 0.05) is 24.7 Å². The molecule has 0 radical (unpaired) electrons. The minimum Gasteiger partial charge on any atom is -0.349 e. The van der Waals surface area contributed by atoms with E-state index in [4.69, 9.17) is 0 Å². The molecule has 1 saturated carbocycles. The predicted molar refractivity (Wildman–Crippen MR) is 62.5 cm³/mol. The number of carbonyl (C=O) groups is 1. The number of alkyl halides is 3. The molecule has 2 N–H and O–H groups in total. The second kappa shape index (κ2) is 4.23. The molecule has 1 aliphatic carbocycles. The van der Waals surface area contributed by atoms with E-state index in [1.807, 2.05) is 0 Å². The highest BCUT2D eigenvalue weighted by molar-refractivity contribution is 5.94. The molecule has 2 atom stereocenters. The first kappa shape index (κ1) is 12.5. The molecule has 1 aromatic rings. The van der Waals surface area contributed by atoms with Crippen molar-refractivity contribution in [2.75, 3.05) is 13.1 Å². The summed E-state index contributed by atoms with van der Waals surface area (Å²) in [6, 6.07) is 4.63. The SMILES string of the molecule is O=C(NC1C2CNCC21)c1cccc(C(F)(F)F)c1. The number of hydrogen-bond acceptors (Lipinski definition) is 2. The molecule has 2 aliphatic rings. The summed E-state index contributed by atoms with van der Waals surface area (Å²) >= 11 is 0. The van der Waals surface area contributed by atoms with Crippen molar-refractivity contribution in [1.29, 1.82) is 0 Å². The quantitative estimate of drug-likeness (QED) is 0.858. The summed E-state index contributed by atoms with van der Waals surface area (Å²) in [6.45, 7) is 1.75. The lowest BCUT2D eigenvalue weighted by atomic mass is 10.1. The molecule has 19 heavy (non-hydrogen) atoms. The lowest BCUT2D eigenvalue weighted by Crippen LogP contribution is -2.32. The number of piperidine rings is 1. The highest BCUT2D eigenvalue weighted by Gasteiger charge is 2.53. The van der Waals surface area contributed by atoms with Crippen LogP contribution in [0.2, 0.25) is 0 Å². The number of carbonyl (C=O) groups excluding carboxylic acids is 1. The summed E-state index contributed by atoms with van der Waals surface area (Å²) in [6.07, 6.45) is -4.42. The highest BCUT2D eigenvalue weighted by atomic mass is 19.4. The third kappa shape index (κ3) is 2.32. The third-order valence-corrected chi connectivity index (χ3v) is 3.84. The summed E-state index contributed by atoms with van der Waals surface area (Å²) in [4.78, 5) is 11.9. The fourth-order valence-corrected chi connectivity index (χ4v) is 2.70. The zero-order valence-corrected chi connectivity index (χ0v) is 10.00. The van der Waals surface area contributed by atoms with Gasteiger partial charge in [-0.1, -0.05) is 6.07 Å². The molecule has 3 nitrogen and oxygen atoms in total. The van der Waals surface area contributed by atoms with Gasteiger partial charge in [-0.3, -0.25) is 4.79 Å². The van der Waals surface area contributed by atoms with Crippen LogP contribution in [-0.4, -0.2) is 25.0 Å². The second-order valence-corrected chi connectivity index (χ2v) is 5.06. The van der Waals surface area contributed by atoms with Gasteiger partial charge in [-0.05, 0) is 30.0 Å². The second-order valence-electron chi connectivity index (χ2n) is 5.06. The largest absolute Gasteiger partial charge is 0.416 e. The van der Waals surface area contributed by atoms with Crippen molar-refractivity contribution in [2.24, 2.45) is 11.8 Å².